The highest BCUT2D eigenvalue weighted by molar-refractivity contribution is 8.02. The number of hydrazine groups is 1. The van der Waals surface area contributed by atoms with Gasteiger partial charge in [0, 0.05) is 11.0 Å². The van der Waals surface area contributed by atoms with Crippen LogP contribution in [0.3, 0.4) is 0 Å². The fourth-order valence-electron chi connectivity index (χ4n) is 1.85. The van der Waals surface area contributed by atoms with Gasteiger partial charge in [0.1, 0.15) is 5.75 Å². The molecule has 0 radical (unpaired) electrons. The number of nitrogens with one attached hydrogen (secondary N) is 2. The van der Waals surface area contributed by atoms with Crippen molar-refractivity contribution < 1.29 is 14.3 Å². The molecule has 0 heterocycles. The van der Waals surface area contributed by atoms with Gasteiger partial charge in [0.05, 0.1) is 0 Å². The molecule has 0 bridgehead atoms. The lowest BCUT2D eigenvalue weighted by atomic mass is 10.2. The van der Waals surface area contributed by atoms with Gasteiger partial charge in [-0.15, -0.1) is 0 Å². The van der Waals surface area contributed by atoms with Crippen molar-refractivity contribution >= 4 is 23.6 Å². The van der Waals surface area contributed by atoms with Crippen LogP contribution >= 0.6 is 11.8 Å². The number of carbonyl (C=O) groups excluding carboxylic acids is 2. The minimum atomic E-state index is -0.433. The van der Waals surface area contributed by atoms with E-state index < -0.39 is 11.8 Å². The Kier molecular flexibility index (Phi) is 7.59. The lowest BCUT2D eigenvalue weighted by Gasteiger charge is -2.08. The van der Waals surface area contributed by atoms with Gasteiger partial charge in [-0.25, -0.2) is 0 Å². The van der Waals surface area contributed by atoms with E-state index in [0.717, 1.165) is 11.3 Å². The lowest BCUT2D eigenvalue weighted by molar-refractivity contribution is -0.128. The molecule has 5 nitrogen and oxygen atoms in total. The minimum absolute atomic E-state index is 0.172. The number of aryl methyl sites for hydroxylation is 1. The summed E-state index contributed by atoms with van der Waals surface area (Å²) in [4.78, 5) is 24.3. The standard InChI is InChI=1S/C19H20N2O3S/c1-2-15-8-10-16(11-9-15)24-14-19(23)21-20-18(22)12-13-25-17-6-4-3-5-7-17/h3-13H,2,14H2,1H3,(H,20,22)(H,21,23)/b13-12+. The van der Waals surface area contributed by atoms with Gasteiger partial charge in [0.15, 0.2) is 6.61 Å². The fourth-order valence-corrected chi connectivity index (χ4v) is 2.52. The Morgan fingerprint density at radius 3 is 2.44 bits per heavy atom. The fraction of sp³-hybridized carbons (Fsp3) is 0.158. The summed E-state index contributed by atoms with van der Waals surface area (Å²) in [5.41, 5.74) is 5.80. The second-order valence-electron chi connectivity index (χ2n) is 5.06. The first-order chi connectivity index (χ1) is 12.2. The summed E-state index contributed by atoms with van der Waals surface area (Å²) in [5, 5.41) is 1.66. The summed E-state index contributed by atoms with van der Waals surface area (Å²) < 4.78 is 5.35. The molecule has 130 valence electrons. The van der Waals surface area contributed by atoms with E-state index in [1.165, 1.54) is 23.4 Å². The molecule has 2 aromatic rings. The van der Waals surface area contributed by atoms with Crippen LogP contribution in [-0.4, -0.2) is 18.4 Å². The monoisotopic (exact) mass is 356 g/mol. The molecule has 0 saturated carbocycles. The second-order valence-corrected chi connectivity index (χ2v) is 6.04. The van der Waals surface area contributed by atoms with Gasteiger partial charge in [-0.3, -0.25) is 20.4 Å². The molecule has 0 atom stereocenters. The smallest absolute Gasteiger partial charge is 0.276 e. The average molecular weight is 356 g/mol. The topological polar surface area (TPSA) is 67.4 Å². The van der Waals surface area contributed by atoms with Crippen molar-refractivity contribution in [3.05, 3.63) is 71.6 Å². The van der Waals surface area contributed by atoms with Crippen molar-refractivity contribution in [3.63, 3.8) is 0 Å². The average Bonchev–Trinajstić information content (AvgIpc) is 2.66. The van der Waals surface area contributed by atoms with E-state index in [4.69, 9.17) is 4.74 Å². The molecule has 25 heavy (non-hydrogen) atoms. The first kappa shape index (κ1) is 18.6. The molecular weight excluding hydrogens is 336 g/mol. The Hall–Kier alpha value is -2.73. The van der Waals surface area contributed by atoms with Gasteiger partial charge >= 0.3 is 0 Å². The Morgan fingerprint density at radius 1 is 1.04 bits per heavy atom. The van der Waals surface area contributed by atoms with E-state index in [0.29, 0.717) is 5.75 Å². The molecule has 0 aromatic heterocycles. The van der Waals surface area contributed by atoms with E-state index in [9.17, 15) is 9.59 Å². The van der Waals surface area contributed by atoms with E-state index in [2.05, 4.69) is 17.8 Å². The maximum atomic E-state index is 11.7. The summed E-state index contributed by atoms with van der Waals surface area (Å²) in [7, 11) is 0. The van der Waals surface area contributed by atoms with Gasteiger partial charge in [0.25, 0.3) is 11.8 Å². The van der Waals surface area contributed by atoms with Crippen LogP contribution in [0.1, 0.15) is 12.5 Å². The van der Waals surface area contributed by atoms with Crippen LogP contribution in [0.5, 0.6) is 5.75 Å². The molecule has 2 amide bonds. The number of ether oxygens (including phenoxy) is 1. The number of hydrogen-bond donors (Lipinski definition) is 2. The van der Waals surface area contributed by atoms with E-state index in [1.807, 2.05) is 54.6 Å². The van der Waals surface area contributed by atoms with E-state index in [1.54, 1.807) is 5.41 Å². The molecule has 2 rings (SSSR count). The number of carbonyl (C=O) groups is 2. The zero-order valence-corrected chi connectivity index (χ0v) is 14.7. The quantitative estimate of drug-likeness (QED) is 0.454. The van der Waals surface area contributed by atoms with Crippen LogP contribution in [-0.2, 0) is 16.0 Å². The van der Waals surface area contributed by atoms with Crippen molar-refractivity contribution in [2.24, 2.45) is 0 Å². The molecular formula is C19H20N2O3S. The summed E-state index contributed by atoms with van der Waals surface area (Å²) in [6, 6.07) is 17.2. The predicted octanol–water partition coefficient (Wildman–Crippen LogP) is 3.08. The van der Waals surface area contributed by atoms with E-state index >= 15 is 0 Å². The number of hydrogen-bond acceptors (Lipinski definition) is 4. The molecule has 0 spiro atoms. The molecule has 2 N–H and O–H groups in total. The van der Waals surface area contributed by atoms with Crippen LogP contribution in [0.15, 0.2) is 71.0 Å². The molecule has 2 aromatic carbocycles. The van der Waals surface area contributed by atoms with Gasteiger partial charge < -0.3 is 4.74 Å². The molecule has 0 saturated heterocycles. The van der Waals surface area contributed by atoms with Crippen molar-refractivity contribution in [3.8, 4) is 5.75 Å². The van der Waals surface area contributed by atoms with E-state index in [-0.39, 0.29) is 6.61 Å². The molecule has 0 aliphatic rings. The Bertz CT molecular complexity index is 715. The van der Waals surface area contributed by atoms with Crippen LogP contribution in [0.2, 0.25) is 0 Å². The number of rotatable bonds is 7. The highest BCUT2D eigenvalue weighted by Crippen LogP contribution is 2.17. The first-order valence-electron chi connectivity index (χ1n) is 7.86. The number of amides is 2. The van der Waals surface area contributed by atoms with Crippen LogP contribution in [0.4, 0.5) is 0 Å². The van der Waals surface area contributed by atoms with Crippen molar-refractivity contribution in [1.82, 2.24) is 10.9 Å². The third-order valence-corrected chi connectivity index (χ3v) is 4.01. The summed E-state index contributed by atoms with van der Waals surface area (Å²) >= 11 is 1.41. The summed E-state index contributed by atoms with van der Waals surface area (Å²) in [6.45, 7) is 1.90. The third-order valence-electron chi connectivity index (χ3n) is 3.19. The number of thioether (sulfide) groups is 1. The molecule has 0 aliphatic heterocycles. The van der Waals surface area contributed by atoms with Gasteiger partial charge in [-0.1, -0.05) is 49.0 Å². The Labute approximate surface area is 151 Å². The van der Waals surface area contributed by atoms with Gasteiger partial charge in [0.2, 0.25) is 0 Å². The van der Waals surface area contributed by atoms with Crippen molar-refractivity contribution in [1.29, 1.82) is 0 Å². The highest BCUT2D eigenvalue weighted by Gasteiger charge is 2.04. The normalized spacial score (nSPS) is 10.4. The summed E-state index contributed by atoms with van der Waals surface area (Å²) in [6.07, 6.45) is 2.30. The SMILES string of the molecule is CCc1ccc(OCC(=O)NNC(=O)/C=C/Sc2ccccc2)cc1. The highest BCUT2D eigenvalue weighted by atomic mass is 32.2. The first-order valence-corrected chi connectivity index (χ1v) is 8.74. The Balaban J connectivity index is 1.65. The molecule has 6 heteroatoms. The maximum Gasteiger partial charge on any atom is 0.276 e. The van der Waals surface area contributed by atoms with Crippen molar-refractivity contribution in [2.45, 2.75) is 18.2 Å². The minimum Gasteiger partial charge on any atom is -0.484 e. The van der Waals surface area contributed by atoms with Crippen LogP contribution in [0.25, 0.3) is 0 Å². The van der Waals surface area contributed by atoms with Crippen molar-refractivity contribution in [2.75, 3.05) is 6.61 Å². The third kappa shape index (κ3) is 7.14. The zero-order chi connectivity index (χ0) is 17.9. The zero-order valence-electron chi connectivity index (χ0n) is 13.9. The Morgan fingerprint density at radius 2 is 1.76 bits per heavy atom. The largest absolute Gasteiger partial charge is 0.484 e. The molecule has 0 aliphatic carbocycles. The number of benzene rings is 2. The predicted molar refractivity (Wildman–Crippen MR) is 99.0 cm³/mol. The lowest BCUT2D eigenvalue weighted by Crippen LogP contribution is -2.43. The van der Waals surface area contributed by atoms with Gasteiger partial charge in [-0.2, -0.15) is 0 Å². The van der Waals surface area contributed by atoms with Crippen LogP contribution in [0, 0.1) is 0 Å². The molecule has 0 unspecified atom stereocenters. The maximum absolute atomic E-state index is 11.7. The van der Waals surface area contributed by atoms with Crippen LogP contribution < -0.4 is 15.6 Å². The molecule has 0 fully saturated rings. The summed E-state index contributed by atoms with van der Waals surface area (Å²) in [5.74, 6) is -0.237. The second kappa shape index (κ2) is 10.2. The van der Waals surface area contributed by atoms with Gasteiger partial charge in [-0.05, 0) is 41.7 Å².